The topological polar surface area (TPSA) is 29.5 Å². The van der Waals surface area contributed by atoms with Crippen LogP contribution >= 0.6 is 22.6 Å². The smallest absolute Gasteiger partial charge is 0.249 e. The van der Waals surface area contributed by atoms with Crippen molar-refractivity contribution in [2.75, 3.05) is 19.8 Å². The molecule has 0 N–H and O–H groups in total. The normalized spacial score (nSPS) is 18.6. The van der Waals surface area contributed by atoms with Gasteiger partial charge in [-0.25, -0.2) is 0 Å². The van der Waals surface area contributed by atoms with Crippen LogP contribution in [0.15, 0.2) is 24.3 Å². The molecule has 1 aliphatic heterocycles. The van der Waals surface area contributed by atoms with E-state index in [9.17, 15) is 4.79 Å². The second kappa shape index (κ2) is 5.14. The lowest BCUT2D eigenvalue weighted by atomic mass is 10.1. The lowest BCUT2D eigenvalue weighted by molar-refractivity contribution is -0.145. The van der Waals surface area contributed by atoms with Gasteiger partial charge < -0.3 is 9.64 Å². The number of nitrogens with zero attached hydrogens (tertiary/aromatic N) is 1. The highest BCUT2D eigenvalue weighted by atomic mass is 127. The largest absolute Gasteiger partial charge is 0.370 e. The fourth-order valence-corrected chi connectivity index (χ4v) is 2.22. The molecule has 1 aromatic rings. The number of hydrogen-bond donors (Lipinski definition) is 0. The Kier molecular flexibility index (Phi) is 3.81. The summed E-state index contributed by atoms with van der Waals surface area (Å²) in [4.78, 5) is 13.6. The van der Waals surface area contributed by atoms with Gasteiger partial charge in [-0.15, -0.1) is 0 Å². The third-order valence-electron chi connectivity index (χ3n) is 2.84. The van der Waals surface area contributed by atoms with Gasteiger partial charge in [-0.3, -0.25) is 4.79 Å². The highest BCUT2D eigenvalue weighted by Crippen LogP contribution is 2.22. The van der Waals surface area contributed by atoms with Crippen LogP contribution in [0.3, 0.4) is 0 Å². The number of carbonyl (C=O) groups excluding carboxylic acids is 1. The van der Waals surface area contributed by atoms with Gasteiger partial charge in [0.1, 0.15) is 6.61 Å². The standard InChI is InChI=1S/C12H14INO2/c1-9(10-2-4-11(13)5-3-10)14-6-7-16-8-12(14)15/h2-5,9H,6-8H2,1H3. The first-order valence-corrected chi connectivity index (χ1v) is 6.39. The molecule has 16 heavy (non-hydrogen) atoms. The van der Waals surface area contributed by atoms with E-state index < -0.39 is 0 Å². The first kappa shape index (κ1) is 11.9. The van der Waals surface area contributed by atoms with Gasteiger partial charge in [0.15, 0.2) is 0 Å². The van der Waals surface area contributed by atoms with E-state index in [0.717, 1.165) is 0 Å². The van der Waals surface area contributed by atoms with Gasteiger partial charge in [0.25, 0.3) is 0 Å². The molecule has 1 heterocycles. The zero-order valence-corrected chi connectivity index (χ0v) is 11.3. The van der Waals surface area contributed by atoms with E-state index in [-0.39, 0.29) is 18.6 Å². The molecular weight excluding hydrogens is 317 g/mol. The molecule has 1 saturated heterocycles. The number of morpholine rings is 1. The van der Waals surface area contributed by atoms with E-state index in [1.807, 2.05) is 4.90 Å². The first-order valence-electron chi connectivity index (χ1n) is 5.31. The predicted octanol–water partition coefficient (Wildman–Crippen LogP) is 2.21. The van der Waals surface area contributed by atoms with Gasteiger partial charge in [-0.2, -0.15) is 0 Å². The average Bonchev–Trinajstić information content (AvgIpc) is 2.30. The summed E-state index contributed by atoms with van der Waals surface area (Å²) in [6.07, 6.45) is 0. The molecule has 1 aromatic carbocycles. The summed E-state index contributed by atoms with van der Waals surface area (Å²) in [5.74, 6) is 0.0808. The fraction of sp³-hybridized carbons (Fsp3) is 0.417. The van der Waals surface area contributed by atoms with Crippen molar-refractivity contribution < 1.29 is 9.53 Å². The van der Waals surface area contributed by atoms with Crippen LogP contribution in [0, 0.1) is 3.57 Å². The van der Waals surface area contributed by atoms with Gasteiger partial charge in [0.2, 0.25) is 5.91 Å². The zero-order chi connectivity index (χ0) is 11.5. The Labute approximate surface area is 109 Å². The van der Waals surface area contributed by atoms with Crippen molar-refractivity contribution in [3.8, 4) is 0 Å². The summed E-state index contributed by atoms with van der Waals surface area (Å²) in [6, 6.07) is 8.42. The fourth-order valence-electron chi connectivity index (χ4n) is 1.86. The summed E-state index contributed by atoms with van der Waals surface area (Å²) in [7, 11) is 0. The first-order chi connectivity index (χ1) is 7.68. The van der Waals surface area contributed by atoms with Crippen LogP contribution in [-0.4, -0.2) is 30.6 Å². The molecule has 1 fully saturated rings. The quantitative estimate of drug-likeness (QED) is 0.778. The van der Waals surface area contributed by atoms with Crippen LogP contribution in [0.4, 0.5) is 0 Å². The van der Waals surface area contributed by atoms with Crippen molar-refractivity contribution in [2.45, 2.75) is 13.0 Å². The SMILES string of the molecule is CC(c1ccc(I)cc1)N1CCOCC1=O. The van der Waals surface area contributed by atoms with Crippen molar-refractivity contribution in [1.29, 1.82) is 0 Å². The summed E-state index contributed by atoms with van der Waals surface area (Å²) in [5, 5.41) is 0. The Balaban J connectivity index is 2.14. The van der Waals surface area contributed by atoms with Gasteiger partial charge in [-0.1, -0.05) is 12.1 Å². The van der Waals surface area contributed by atoms with Crippen molar-refractivity contribution in [3.05, 3.63) is 33.4 Å². The van der Waals surface area contributed by atoms with Gasteiger partial charge in [-0.05, 0) is 47.2 Å². The van der Waals surface area contributed by atoms with Crippen LogP contribution in [0.5, 0.6) is 0 Å². The highest BCUT2D eigenvalue weighted by Gasteiger charge is 2.24. The molecule has 0 aromatic heterocycles. The van der Waals surface area contributed by atoms with E-state index in [2.05, 4.69) is 53.8 Å². The number of hydrogen-bond acceptors (Lipinski definition) is 2. The number of amides is 1. The predicted molar refractivity (Wildman–Crippen MR) is 70.1 cm³/mol. The van der Waals surface area contributed by atoms with Crippen molar-refractivity contribution in [3.63, 3.8) is 0 Å². The number of halogens is 1. The van der Waals surface area contributed by atoms with Crippen LogP contribution in [0.25, 0.3) is 0 Å². The lowest BCUT2D eigenvalue weighted by Gasteiger charge is -2.32. The molecule has 86 valence electrons. The van der Waals surface area contributed by atoms with Gasteiger partial charge in [0, 0.05) is 10.1 Å². The van der Waals surface area contributed by atoms with Crippen molar-refractivity contribution in [1.82, 2.24) is 4.90 Å². The molecule has 0 spiro atoms. The van der Waals surface area contributed by atoms with Crippen LogP contribution < -0.4 is 0 Å². The second-order valence-electron chi connectivity index (χ2n) is 3.87. The van der Waals surface area contributed by atoms with E-state index >= 15 is 0 Å². The molecule has 2 rings (SSSR count). The van der Waals surface area contributed by atoms with E-state index in [1.54, 1.807) is 0 Å². The summed E-state index contributed by atoms with van der Waals surface area (Å²) >= 11 is 2.28. The van der Waals surface area contributed by atoms with Gasteiger partial charge in [0.05, 0.1) is 12.6 Å². The molecule has 1 aliphatic rings. The maximum atomic E-state index is 11.7. The van der Waals surface area contributed by atoms with Crippen LogP contribution in [-0.2, 0) is 9.53 Å². The monoisotopic (exact) mass is 331 g/mol. The molecule has 0 radical (unpaired) electrons. The minimum Gasteiger partial charge on any atom is -0.370 e. The molecule has 4 heteroatoms. The molecule has 1 amide bonds. The molecule has 0 saturated carbocycles. The molecule has 1 unspecified atom stereocenters. The molecule has 3 nitrogen and oxygen atoms in total. The Bertz CT molecular complexity index is 377. The van der Waals surface area contributed by atoms with Crippen LogP contribution in [0.2, 0.25) is 0 Å². The third kappa shape index (κ3) is 2.55. The Morgan fingerprint density at radius 1 is 1.38 bits per heavy atom. The summed E-state index contributed by atoms with van der Waals surface area (Å²) in [6.45, 7) is 3.60. The lowest BCUT2D eigenvalue weighted by Crippen LogP contribution is -2.42. The number of ether oxygens (including phenoxy) is 1. The molecule has 0 aliphatic carbocycles. The van der Waals surface area contributed by atoms with E-state index in [0.29, 0.717) is 13.2 Å². The van der Waals surface area contributed by atoms with Crippen LogP contribution in [0.1, 0.15) is 18.5 Å². The second-order valence-corrected chi connectivity index (χ2v) is 5.11. The molecule has 0 bridgehead atoms. The Hall–Kier alpha value is -0.620. The molecule has 1 atom stereocenters. The zero-order valence-electron chi connectivity index (χ0n) is 9.15. The number of benzene rings is 1. The Morgan fingerprint density at radius 3 is 2.69 bits per heavy atom. The third-order valence-corrected chi connectivity index (χ3v) is 3.56. The van der Waals surface area contributed by atoms with Crippen molar-refractivity contribution in [2.24, 2.45) is 0 Å². The highest BCUT2D eigenvalue weighted by molar-refractivity contribution is 14.1. The maximum absolute atomic E-state index is 11.7. The number of carbonyl (C=O) groups is 1. The van der Waals surface area contributed by atoms with E-state index in [1.165, 1.54) is 9.13 Å². The Morgan fingerprint density at radius 2 is 2.06 bits per heavy atom. The average molecular weight is 331 g/mol. The van der Waals surface area contributed by atoms with Gasteiger partial charge >= 0.3 is 0 Å². The summed E-state index contributed by atoms with van der Waals surface area (Å²) < 4.78 is 6.33. The number of rotatable bonds is 2. The van der Waals surface area contributed by atoms with E-state index in [4.69, 9.17) is 4.74 Å². The minimum absolute atomic E-state index is 0.0808. The van der Waals surface area contributed by atoms with Crippen molar-refractivity contribution >= 4 is 28.5 Å². The minimum atomic E-state index is 0.0808. The maximum Gasteiger partial charge on any atom is 0.249 e. The summed E-state index contributed by atoms with van der Waals surface area (Å²) in [5.41, 5.74) is 1.18. The molecular formula is C12H14INO2.